The van der Waals surface area contributed by atoms with Crippen molar-refractivity contribution in [3.05, 3.63) is 53.6 Å². The zero-order valence-corrected chi connectivity index (χ0v) is 25.6. The Bertz CT molecular complexity index is 1360. The number of rotatable bonds is 8. The van der Waals surface area contributed by atoms with Gasteiger partial charge in [-0.05, 0) is 96.1 Å². The number of nitrogens with zero attached hydrogens (tertiary/aromatic N) is 3. The highest BCUT2D eigenvalue weighted by Gasteiger charge is 2.46. The molecule has 0 amide bonds. The Labute approximate surface area is 245 Å². The van der Waals surface area contributed by atoms with E-state index in [4.69, 9.17) is 21.2 Å². The third kappa shape index (κ3) is 5.90. The first-order valence-corrected chi connectivity index (χ1v) is 16.6. The fourth-order valence-electron chi connectivity index (χ4n) is 6.32. The molecule has 224 valence electrons. The summed E-state index contributed by atoms with van der Waals surface area (Å²) in [5.41, 5.74) is 17.9. The largest absolute Gasteiger partial charge is 0.374 e. The maximum absolute atomic E-state index is 13.5. The van der Waals surface area contributed by atoms with Gasteiger partial charge >= 0.3 is 0 Å². The summed E-state index contributed by atoms with van der Waals surface area (Å²) in [7, 11) is -3.59. The highest BCUT2D eigenvalue weighted by molar-refractivity contribution is 7.92. The van der Waals surface area contributed by atoms with Crippen molar-refractivity contribution in [3.63, 3.8) is 0 Å². The van der Waals surface area contributed by atoms with E-state index in [1.165, 1.54) is 5.56 Å². The second kappa shape index (κ2) is 12.4. The summed E-state index contributed by atoms with van der Waals surface area (Å²) in [6.07, 6.45) is 2.76. The SMILES string of the molecule is CC(C)OCc1cc(C2CCNCC2)ccc1N1C2=NCCCC2C(N)N(c2ccccc2S(=O)(=O)C(C)C)C1N. The van der Waals surface area contributed by atoms with Gasteiger partial charge < -0.3 is 20.7 Å². The minimum absolute atomic E-state index is 0.0678. The minimum atomic E-state index is -3.59. The molecule has 2 fully saturated rings. The highest BCUT2D eigenvalue weighted by Crippen LogP contribution is 2.40. The van der Waals surface area contributed by atoms with Crippen molar-refractivity contribution in [2.75, 3.05) is 29.4 Å². The standard InChI is InChI=1S/C31H46N6O3S/c1-20(2)40-19-24-18-23(22-13-16-34-17-14-22)11-12-26(24)37-30-25(8-7-15-35-30)29(32)36(31(37)33)27-9-5-6-10-28(27)41(38,39)21(3)4/h5-6,9-12,18,20-22,25,29,31,34H,7-8,13-17,19,32-33H2,1-4H3. The number of aliphatic imine (C=N–C) groups is 1. The Balaban J connectivity index is 1.63. The zero-order valence-electron chi connectivity index (χ0n) is 24.8. The molecule has 3 aliphatic heterocycles. The molecule has 0 spiro atoms. The molecule has 10 heteroatoms. The monoisotopic (exact) mass is 582 g/mol. The molecule has 2 saturated heterocycles. The molecular formula is C31H46N6O3S. The number of piperidine rings is 1. The van der Waals surface area contributed by atoms with E-state index in [1.54, 1.807) is 26.0 Å². The molecule has 0 saturated carbocycles. The predicted octanol–water partition coefficient (Wildman–Crippen LogP) is 3.92. The maximum Gasteiger partial charge on any atom is 0.182 e. The number of nitrogens with two attached hydrogens (primary N) is 2. The van der Waals surface area contributed by atoms with E-state index in [0.717, 1.165) is 55.9 Å². The molecule has 2 aromatic carbocycles. The van der Waals surface area contributed by atoms with Crippen molar-refractivity contribution in [2.45, 2.75) is 94.6 Å². The fraction of sp³-hybridized carbons (Fsp3) is 0.581. The summed E-state index contributed by atoms with van der Waals surface area (Å²) >= 11 is 0. The molecule has 3 heterocycles. The molecule has 41 heavy (non-hydrogen) atoms. The summed E-state index contributed by atoms with van der Waals surface area (Å²) in [4.78, 5) is 9.19. The maximum atomic E-state index is 13.5. The topological polar surface area (TPSA) is 126 Å². The first-order valence-electron chi connectivity index (χ1n) is 15.0. The van der Waals surface area contributed by atoms with E-state index in [1.807, 2.05) is 30.9 Å². The molecule has 3 atom stereocenters. The Morgan fingerprint density at radius 1 is 1.02 bits per heavy atom. The molecule has 2 aromatic rings. The van der Waals surface area contributed by atoms with Crippen LogP contribution in [-0.4, -0.2) is 57.7 Å². The Morgan fingerprint density at radius 2 is 1.76 bits per heavy atom. The van der Waals surface area contributed by atoms with Gasteiger partial charge in [-0.1, -0.05) is 24.3 Å². The van der Waals surface area contributed by atoms with Crippen LogP contribution in [0.3, 0.4) is 0 Å². The van der Waals surface area contributed by atoms with E-state index in [0.29, 0.717) is 24.8 Å². The van der Waals surface area contributed by atoms with Gasteiger partial charge in [0, 0.05) is 12.1 Å². The van der Waals surface area contributed by atoms with Crippen molar-refractivity contribution in [1.82, 2.24) is 5.32 Å². The molecule has 3 aliphatic rings. The number of hydrogen-bond acceptors (Lipinski definition) is 9. The Hall–Kier alpha value is -2.50. The molecule has 0 radical (unpaired) electrons. The molecule has 5 rings (SSSR count). The van der Waals surface area contributed by atoms with Crippen LogP contribution in [0.1, 0.15) is 70.4 Å². The van der Waals surface area contributed by atoms with Gasteiger partial charge in [0.15, 0.2) is 16.1 Å². The third-order valence-electron chi connectivity index (χ3n) is 8.62. The van der Waals surface area contributed by atoms with Crippen molar-refractivity contribution >= 4 is 27.0 Å². The lowest BCUT2D eigenvalue weighted by Gasteiger charge is -2.53. The van der Waals surface area contributed by atoms with Crippen molar-refractivity contribution < 1.29 is 13.2 Å². The van der Waals surface area contributed by atoms with Gasteiger partial charge in [0.25, 0.3) is 0 Å². The van der Waals surface area contributed by atoms with E-state index in [-0.39, 0.29) is 16.9 Å². The van der Waals surface area contributed by atoms with Crippen LogP contribution < -0.4 is 26.6 Å². The minimum Gasteiger partial charge on any atom is -0.374 e. The number of fused-ring (bicyclic) bond motifs is 1. The number of hydrogen-bond donors (Lipinski definition) is 3. The van der Waals surface area contributed by atoms with Crippen molar-refractivity contribution in [2.24, 2.45) is 22.4 Å². The lowest BCUT2D eigenvalue weighted by Crippen LogP contribution is -2.72. The summed E-state index contributed by atoms with van der Waals surface area (Å²) in [6, 6.07) is 13.7. The van der Waals surface area contributed by atoms with Gasteiger partial charge in [-0.25, -0.2) is 8.42 Å². The average Bonchev–Trinajstić information content (AvgIpc) is 2.97. The normalized spacial score (nSPS) is 24.1. The van der Waals surface area contributed by atoms with Crippen LogP contribution in [0, 0.1) is 5.92 Å². The lowest BCUT2D eigenvalue weighted by molar-refractivity contribution is 0.0658. The number of nitrogens with one attached hydrogen (secondary N) is 1. The molecule has 0 aromatic heterocycles. The van der Waals surface area contributed by atoms with Gasteiger partial charge in [0.2, 0.25) is 0 Å². The zero-order chi connectivity index (χ0) is 29.3. The van der Waals surface area contributed by atoms with Gasteiger partial charge in [0.1, 0.15) is 5.84 Å². The number of benzene rings is 2. The van der Waals surface area contributed by atoms with E-state index in [2.05, 4.69) is 28.4 Å². The van der Waals surface area contributed by atoms with Crippen LogP contribution in [-0.2, 0) is 21.2 Å². The van der Waals surface area contributed by atoms with Gasteiger partial charge in [-0.15, -0.1) is 0 Å². The van der Waals surface area contributed by atoms with Crippen molar-refractivity contribution in [3.8, 4) is 0 Å². The lowest BCUT2D eigenvalue weighted by atomic mass is 9.88. The summed E-state index contributed by atoms with van der Waals surface area (Å²) in [6.45, 7) is 10.7. The number of para-hydroxylation sites is 1. The predicted molar refractivity (Wildman–Crippen MR) is 166 cm³/mol. The number of amidine groups is 1. The van der Waals surface area contributed by atoms with Crippen molar-refractivity contribution in [1.29, 1.82) is 0 Å². The smallest absolute Gasteiger partial charge is 0.182 e. The van der Waals surface area contributed by atoms with Crippen LogP contribution in [0.2, 0.25) is 0 Å². The van der Waals surface area contributed by atoms with Gasteiger partial charge in [-0.2, -0.15) is 0 Å². The van der Waals surface area contributed by atoms with Crippen LogP contribution in [0.5, 0.6) is 0 Å². The van der Waals surface area contributed by atoms with Gasteiger partial charge in [0.05, 0.1) is 46.3 Å². The summed E-state index contributed by atoms with van der Waals surface area (Å²) in [5, 5.41) is 2.88. The first-order chi connectivity index (χ1) is 19.6. The molecular weight excluding hydrogens is 536 g/mol. The second-order valence-electron chi connectivity index (χ2n) is 12.0. The van der Waals surface area contributed by atoms with Crippen LogP contribution in [0.4, 0.5) is 11.4 Å². The fourth-order valence-corrected chi connectivity index (χ4v) is 7.56. The Kier molecular flexibility index (Phi) is 9.06. The van der Waals surface area contributed by atoms with Crippen LogP contribution in [0.15, 0.2) is 52.4 Å². The molecule has 9 nitrogen and oxygen atoms in total. The highest BCUT2D eigenvalue weighted by atomic mass is 32.2. The number of ether oxygens (including phenoxy) is 1. The molecule has 0 bridgehead atoms. The van der Waals surface area contributed by atoms with Gasteiger partial charge in [-0.3, -0.25) is 15.6 Å². The number of sulfone groups is 1. The number of anilines is 2. The van der Waals surface area contributed by atoms with E-state index in [9.17, 15) is 8.42 Å². The summed E-state index contributed by atoms with van der Waals surface area (Å²) < 4.78 is 33.1. The molecule has 5 N–H and O–H groups in total. The molecule has 0 aliphatic carbocycles. The van der Waals surface area contributed by atoms with Crippen LogP contribution in [0.25, 0.3) is 0 Å². The Morgan fingerprint density at radius 3 is 2.46 bits per heavy atom. The summed E-state index contributed by atoms with van der Waals surface area (Å²) in [5.74, 6) is 1.27. The third-order valence-corrected chi connectivity index (χ3v) is 10.8. The first kappa shape index (κ1) is 30.0. The van der Waals surface area contributed by atoms with E-state index < -0.39 is 27.5 Å². The van der Waals surface area contributed by atoms with E-state index >= 15 is 0 Å². The molecule has 3 unspecified atom stereocenters. The second-order valence-corrected chi connectivity index (χ2v) is 14.5. The average molecular weight is 583 g/mol. The van der Waals surface area contributed by atoms with Crippen LogP contribution >= 0.6 is 0 Å². The quantitative estimate of drug-likeness (QED) is 0.428.